The van der Waals surface area contributed by atoms with Gasteiger partial charge in [-0.25, -0.2) is 9.67 Å². The monoisotopic (exact) mass is 411 g/mol. The van der Waals surface area contributed by atoms with Crippen molar-refractivity contribution in [2.45, 2.75) is 38.3 Å². The van der Waals surface area contributed by atoms with Crippen LogP contribution in [0.1, 0.15) is 25.7 Å². The molecule has 1 aliphatic rings. The van der Waals surface area contributed by atoms with Gasteiger partial charge in [-0.2, -0.15) is 0 Å². The predicted molar refractivity (Wildman–Crippen MR) is 111 cm³/mol. The molecule has 0 radical (unpaired) electrons. The largest absolute Gasteiger partial charge is 0.495 e. The molecule has 1 saturated carbocycles. The summed E-state index contributed by atoms with van der Waals surface area (Å²) in [5, 5.41) is 8.17. The highest BCUT2D eigenvalue weighted by atomic mass is 35.5. The van der Waals surface area contributed by atoms with Gasteiger partial charge in [-0.3, -0.25) is 9.78 Å². The van der Waals surface area contributed by atoms with Crippen LogP contribution in [0.25, 0.3) is 22.8 Å². The molecule has 1 aliphatic carbocycles. The molecule has 1 amide bonds. The number of hydrogen-bond donors (Lipinski definition) is 1. The third kappa shape index (κ3) is 4.40. The molecule has 0 atom stereocenters. The number of nitrogens with zero attached hydrogens (tertiary/aromatic N) is 4. The van der Waals surface area contributed by atoms with E-state index in [1.807, 2.05) is 18.2 Å². The number of carbonyl (C=O) groups is 1. The van der Waals surface area contributed by atoms with Crippen LogP contribution in [-0.4, -0.2) is 38.8 Å². The van der Waals surface area contributed by atoms with Crippen LogP contribution >= 0.6 is 11.6 Å². The number of hydrogen-bond acceptors (Lipinski definition) is 5. The zero-order chi connectivity index (χ0) is 20.2. The van der Waals surface area contributed by atoms with Crippen molar-refractivity contribution in [1.82, 2.24) is 25.1 Å². The van der Waals surface area contributed by atoms with Gasteiger partial charge in [0.05, 0.1) is 12.1 Å². The van der Waals surface area contributed by atoms with Crippen LogP contribution in [0, 0.1) is 0 Å². The van der Waals surface area contributed by atoms with Crippen LogP contribution in [0.4, 0.5) is 0 Å². The van der Waals surface area contributed by atoms with Crippen molar-refractivity contribution in [3.8, 4) is 28.5 Å². The minimum absolute atomic E-state index is 0.0589. The Balaban J connectivity index is 1.65. The smallest absolute Gasteiger partial charge is 0.242 e. The Kier molecular flexibility index (Phi) is 5.76. The maximum atomic E-state index is 12.6. The van der Waals surface area contributed by atoms with Crippen LogP contribution in [0.2, 0.25) is 5.02 Å². The van der Waals surface area contributed by atoms with Gasteiger partial charge in [0.25, 0.3) is 0 Å². The van der Waals surface area contributed by atoms with Gasteiger partial charge in [-0.05, 0) is 43.2 Å². The van der Waals surface area contributed by atoms with Gasteiger partial charge in [-0.15, -0.1) is 5.10 Å². The molecule has 0 aliphatic heterocycles. The molecular formula is C21H22ClN5O2. The van der Waals surface area contributed by atoms with E-state index in [1.165, 1.54) is 12.8 Å². The number of benzene rings is 1. The van der Waals surface area contributed by atoms with Crippen LogP contribution in [0.15, 0.2) is 42.7 Å². The molecule has 8 heteroatoms. The van der Waals surface area contributed by atoms with E-state index in [9.17, 15) is 4.79 Å². The minimum Gasteiger partial charge on any atom is -0.495 e. The Labute approximate surface area is 174 Å². The Hall–Kier alpha value is -2.93. The molecule has 7 nitrogen and oxygen atoms in total. The summed E-state index contributed by atoms with van der Waals surface area (Å²) in [4.78, 5) is 21.3. The Morgan fingerprint density at radius 1 is 1.21 bits per heavy atom. The fourth-order valence-electron chi connectivity index (χ4n) is 3.57. The van der Waals surface area contributed by atoms with E-state index in [4.69, 9.17) is 16.3 Å². The molecule has 2 aromatic heterocycles. The molecule has 150 valence electrons. The first-order valence-corrected chi connectivity index (χ1v) is 10.0. The lowest BCUT2D eigenvalue weighted by atomic mass is 10.2. The van der Waals surface area contributed by atoms with Gasteiger partial charge in [0.2, 0.25) is 5.91 Å². The second-order valence-electron chi connectivity index (χ2n) is 7.05. The summed E-state index contributed by atoms with van der Waals surface area (Å²) in [5.74, 6) is 1.63. The molecule has 3 aromatic rings. The van der Waals surface area contributed by atoms with E-state index in [0.29, 0.717) is 22.4 Å². The number of aromatic nitrogens is 4. The van der Waals surface area contributed by atoms with E-state index in [0.717, 1.165) is 24.0 Å². The zero-order valence-corrected chi connectivity index (χ0v) is 16.9. The maximum Gasteiger partial charge on any atom is 0.242 e. The zero-order valence-electron chi connectivity index (χ0n) is 16.1. The number of amides is 1. The summed E-state index contributed by atoms with van der Waals surface area (Å²) in [5.41, 5.74) is 1.59. The normalized spacial score (nSPS) is 14.1. The second kappa shape index (κ2) is 8.61. The van der Waals surface area contributed by atoms with Crippen LogP contribution in [0.3, 0.4) is 0 Å². The van der Waals surface area contributed by atoms with Gasteiger partial charge in [-0.1, -0.05) is 24.4 Å². The van der Waals surface area contributed by atoms with E-state index >= 15 is 0 Å². The van der Waals surface area contributed by atoms with Crippen molar-refractivity contribution < 1.29 is 9.53 Å². The van der Waals surface area contributed by atoms with Crippen LogP contribution in [0.5, 0.6) is 5.75 Å². The quantitative estimate of drug-likeness (QED) is 0.668. The Bertz CT molecular complexity index is 1000. The van der Waals surface area contributed by atoms with E-state index < -0.39 is 0 Å². The number of pyridine rings is 1. The summed E-state index contributed by atoms with van der Waals surface area (Å²) < 4.78 is 6.84. The van der Waals surface area contributed by atoms with Crippen molar-refractivity contribution in [1.29, 1.82) is 0 Å². The predicted octanol–water partition coefficient (Wildman–Crippen LogP) is 3.73. The molecule has 29 heavy (non-hydrogen) atoms. The third-order valence-electron chi connectivity index (χ3n) is 5.03. The molecule has 1 fully saturated rings. The molecule has 0 bridgehead atoms. The summed E-state index contributed by atoms with van der Waals surface area (Å²) in [6.45, 7) is 0.102. The Morgan fingerprint density at radius 3 is 2.66 bits per heavy atom. The second-order valence-corrected chi connectivity index (χ2v) is 7.46. The fraction of sp³-hybridized carbons (Fsp3) is 0.333. The lowest BCUT2D eigenvalue weighted by Gasteiger charge is -2.12. The summed E-state index contributed by atoms with van der Waals surface area (Å²) >= 11 is 6.26. The molecule has 2 heterocycles. The average Bonchev–Trinajstić information content (AvgIpc) is 3.38. The highest BCUT2D eigenvalue weighted by Gasteiger charge is 2.20. The topological polar surface area (TPSA) is 81.9 Å². The lowest BCUT2D eigenvalue weighted by Crippen LogP contribution is -2.35. The van der Waals surface area contributed by atoms with Gasteiger partial charge >= 0.3 is 0 Å². The van der Waals surface area contributed by atoms with Gasteiger partial charge in [0.15, 0.2) is 11.6 Å². The fourth-order valence-corrected chi connectivity index (χ4v) is 3.83. The first kappa shape index (κ1) is 19.4. The maximum absolute atomic E-state index is 12.6. The number of carbonyl (C=O) groups excluding carboxylic acids is 1. The molecule has 1 aromatic carbocycles. The van der Waals surface area contributed by atoms with Gasteiger partial charge in [0.1, 0.15) is 12.3 Å². The van der Waals surface area contributed by atoms with Crippen molar-refractivity contribution in [2.24, 2.45) is 0 Å². The van der Waals surface area contributed by atoms with Crippen molar-refractivity contribution in [3.05, 3.63) is 47.7 Å². The highest BCUT2D eigenvalue weighted by molar-refractivity contribution is 6.32. The third-order valence-corrected chi connectivity index (χ3v) is 5.33. The average molecular weight is 412 g/mol. The summed E-state index contributed by atoms with van der Waals surface area (Å²) in [6, 6.07) is 9.33. The first-order chi connectivity index (χ1) is 14.1. The standard InChI is InChI=1S/C21H22ClN5O2/c1-29-18-7-6-15(12-17(18)22)20-25-21(14-8-10-23-11-9-14)27(26-20)13-19(28)24-16-4-2-3-5-16/h6-12,16H,2-5,13H2,1H3,(H,24,28). The lowest BCUT2D eigenvalue weighted by molar-refractivity contribution is -0.122. The molecule has 0 unspecified atom stereocenters. The molecule has 4 rings (SSSR count). The van der Waals surface area contributed by atoms with Gasteiger partial charge in [0, 0.05) is 29.6 Å². The Morgan fingerprint density at radius 2 is 1.97 bits per heavy atom. The molecule has 0 saturated heterocycles. The molecular weight excluding hydrogens is 390 g/mol. The van der Waals surface area contributed by atoms with E-state index in [1.54, 1.807) is 36.3 Å². The number of nitrogens with one attached hydrogen (secondary N) is 1. The number of ether oxygens (including phenoxy) is 1. The SMILES string of the molecule is COc1ccc(-c2nc(-c3ccncc3)n(CC(=O)NC3CCCC3)n2)cc1Cl. The summed E-state index contributed by atoms with van der Waals surface area (Å²) in [7, 11) is 1.57. The van der Waals surface area contributed by atoms with Gasteiger partial charge < -0.3 is 10.1 Å². The van der Waals surface area contributed by atoms with Crippen molar-refractivity contribution >= 4 is 17.5 Å². The van der Waals surface area contributed by atoms with E-state index in [2.05, 4.69) is 20.4 Å². The van der Waals surface area contributed by atoms with Crippen molar-refractivity contribution in [3.63, 3.8) is 0 Å². The van der Waals surface area contributed by atoms with E-state index in [-0.39, 0.29) is 18.5 Å². The van der Waals surface area contributed by atoms with Crippen molar-refractivity contribution in [2.75, 3.05) is 7.11 Å². The van der Waals surface area contributed by atoms with Crippen LogP contribution < -0.4 is 10.1 Å². The number of halogens is 1. The first-order valence-electron chi connectivity index (χ1n) is 9.62. The molecule has 1 N–H and O–H groups in total. The summed E-state index contributed by atoms with van der Waals surface area (Å²) in [6.07, 6.45) is 7.79. The van der Waals surface area contributed by atoms with Crippen LogP contribution in [-0.2, 0) is 11.3 Å². The minimum atomic E-state index is -0.0589. The number of rotatable bonds is 6. The number of methoxy groups -OCH3 is 1. The highest BCUT2D eigenvalue weighted by Crippen LogP contribution is 2.30. The molecule has 0 spiro atoms.